The molecule has 0 N–H and O–H groups in total. The van der Waals surface area contributed by atoms with Gasteiger partial charge < -0.3 is 9.47 Å². The van der Waals surface area contributed by atoms with Gasteiger partial charge in [0.1, 0.15) is 0 Å². The Bertz CT molecular complexity index is 232. The molecule has 0 aromatic carbocycles. The first-order valence-electron chi connectivity index (χ1n) is 6.74. The largest absolute Gasteiger partial charge is 0.469 e. The molecule has 1 fully saturated rings. The van der Waals surface area contributed by atoms with Crippen LogP contribution in [0.25, 0.3) is 0 Å². The lowest BCUT2D eigenvalue weighted by Gasteiger charge is -2.24. The number of carbonyl (C=O) groups excluding carboxylic acids is 1. The van der Waals surface area contributed by atoms with Crippen molar-refractivity contribution in [2.24, 2.45) is 0 Å². The van der Waals surface area contributed by atoms with E-state index >= 15 is 0 Å². The van der Waals surface area contributed by atoms with Crippen LogP contribution in [0.4, 0.5) is 0 Å². The summed E-state index contributed by atoms with van der Waals surface area (Å²) in [5, 5.41) is 0. The fraction of sp³-hybridized carbons (Fsp3) is 0.923. The van der Waals surface area contributed by atoms with E-state index in [2.05, 4.69) is 11.8 Å². The average molecular weight is 275 g/mol. The third-order valence-corrected chi connectivity index (χ3v) is 3.98. The summed E-state index contributed by atoms with van der Waals surface area (Å²) in [6.07, 6.45) is 3.14. The van der Waals surface area contributed by atoms with E-state index in [0.29, 0.717) is 12.5 Å². The Morgan fingerprint density at radius 3 is 2.94 bits per heavy atom. The summed E-state index contributed by atoms with van der Waals surface area (Å²) in [7, 11) is 1.44. The molecule has 1 aliphatic rings. The van der Waals surface area contributed by atoms with Crippen LogP contribution in [0.1, 0.15) is 26.2 Å². The van der Waals surface area contributed by atoms with Gasteiger partial charge in [-0.25, -0.2) is 0 Å². The molecule has 1 rings (SSSR count). The van der Waals surface area contributed by atoms with E-state index in [9.17, 15) is 4.79 Å². The molecule has 0 saturated carbocycles. The lowest BCUT2D eigenvalue weighted by Crippen LogP contribution is -2.35. The van der Waals surface area contributed by atoms with Crippen LogP contribution in [0.15, 0.2) is 0 Å². The molecule has 0 amide bonds. The Morgan fingerprint density at radius 1 is 1.50 bits per heavy atom. The number of methoxy groups -OCH3 is 1. The Hall–Kier alpha value is -0.260. The molecular formula is C13H25NO3S. The molecule has 0 aromatic rings. The van der Waals surface area contributed by atoms with Crippen LogP contribution in [-0.2, 0) is 14.3 Å². The highest BCUT2D eigenvalue weighted by atomic mass is 32.2. The quantitative estimate of drug-likeness (QED) is 0.474. The topological polar surface area (TPSA) is 38.8 Å². The maximum Gasteiger partial charge on any atom is 0.306 e. The van der Waals surface area contributed by atoms with Crippen molar-refractivity contribution in [2.75, 3.05) is 44.9 Å². The summed E-state index contributed by atoms with van der Waals surface area (Å²) in [5.41, 5.74) is 0. The molecule has 1 heterocycles. The van der Waals surface area contributed by atoms with E-state index in [4.69, 9.17) is 9.47 Å². The molecule has 0 aromatic heterocycles. The first kappa shape index (κ1) is 15.8. The van der Waals surface area contributed by atoms with Crippen LogP contribution >= 0.6 is 11.8 Å². The Kier molecular flexibility index (Phi) is 8.46. The zero-order valence-electron chi connectivity index (χ0n) is 11.5. The first-order chi connectivity index (χ1) is 8.76. The summed E-state index contributed by atoms with van der Waals surface area (Å²) >= 11 is 1.94. The Morgan fingerprint density at radius 2 is 2.33 bits per heavy atom. The average Bonchev–Trinajstić information content (AvgIpc) is 2.88. The van der Waals surface area contributed by atoms with Crippen molar-refractivity contribution in [3.63, 3.8) is 0 Å². The second kappa shape index (κ2) is 9.64. The van der Waals surface area contributed by atoms with Crippen molar-refractivity contribution in [2.45, 2.75) is 32.3 Å². The molecule has 18 heavy (non-hydrogen) atoms. The van der Waals surface area contributed by atoms with E-state index in [0.717, 1.165) is 44.2 Å². The number of thioether (sulfide) groups is 1. The molecule has 1 atom stereocenters. The molecule has 1 saturated heterocycles. The van der Waals surface area contributed by atoms with Gasteiger partial charge in [-0.05, 0) is 18.6 Å². The van der Waals surface area contributed by atoms with Gasteiger partial charge in [0.25, 0.3) is 0 Å². The van der Waals surface area contributed by atoms with Gasteiger partial charge in [0.15, 0.2) is 0 Å². The number of ether oxygens (including phenoxy) is 2. The number of esters is 1. The predicted octanol–water partition coefficient (Wildman–Crippen LogP) is 1.78. The van der Waals surface area contributed by atoms with Gasteiger partial charge in [-0.3, -0.25) is 9.69 Å². The Balaban J connectivity index is 2.27. The highest BCUT2D eigenvalue weighted by molar-refractivity contribution is 7.99. The van der Waals surface area contributed by atoms with E-state index in [1.165, 1.54) is 13.5 Å². The van der Waals surface area contributed by atoms with Crippen molar-refractivity contribution in [1.29, 1.82) is 0 Å². The number of rotatable bonds is 9. The number of carbonyl (C=O) groups is 1. The van der Waals surface area contributed by atoms with Crippen molar-refractivity contribution < 1.29 is 14.3 Å². The van der Waals surface area contributed by atoms with Crippen LogP contribution in [0.5, 0.6) is 0 Å². The van der Waals surface area contributed by atoms with E-state index in [-0.39, 0.29) is 5.97 Å². The fourth-order valence-corrected chi connectivity index (χ4v) is 2.74. The van der Waals surface area contributed by atoms with Crippen molar-refractivity contribution in [3.05, 3.63) is 0 Å². The highest BCUT2D eigenvalue weighted by Gasteiger charge is 2.19. The normalized spacial score (nSPS) is 19.4. The minimum atomic E-state index is -0.129. The van der Waals surface area contributed by atoms with E-state index in [1.807, 2.05) is 11.8 Å². The molecule has 1 aliphatic heterocycles. The summed E-state index contributed by atoms with van der Waals surface area (Å²) in [6.45, 7) is 5.80. The molecule has 4 nitrogen and oxygen atoms in total. The second-order valence-electron chi connectivity index (χ2n) is 4.46. The standard InChI is InChI=1S/C13H25NO3S/c1-3-18-10-8-14(7-6-13(15)16-2)11-12-5-4-9-17-12/h12H,3-11H2,1-2H3. The highest BCUT2D eigenvalue weighted by Crippen LogP contribution is 2.14. The van der Waals surface area contributed by atoms with Gasteiger partial charge in [0.2, 0.25) is 0 Å². The predicted molar refractivity (Wildman–Crippen MR) is 75.0 cm³/mol. The number of hydrogen-bond acceptors (Lipinski definition) is 5. The summed E-state index contributed by atoms with van der Waals surface area (Å²) < 4.78 is 10.4. The van der Waals surface area contributed by atoms with Crippen molar-refractivity contribution in [3.8, 4) is 0 Å². The first-order valence-corrected chi connectivity index (χ1v) is 7.90. The maximum atomic E-state index is 11.2. The molecule has 5 heteroatoms. The second-order valence-corrected chi connectivity index (χ2v) is 5.85. The molecule has 0 radical (unpaired) electrons. The molecule has 106 valence electrons. The maximum absolute atomic E-state index is 11.2. The van der Waals surface area contributed by atoms with Gasteiger partial charge in [0.05, 0.1) is 19.6 Å². The van der Waals surface area contributed by atoms with E-state index < -0.39 is 0 Å². The van der Waals surface area contributed by atoms with Crippen molar-refractivity contribution in [1.82, 2.24) is 4.90 Å². The van der Waals surface area contributed by atoms with E-state index in [1.54, 1.807) is 0 Å². The number of hydrogen-bond donors (Lipinski definition) is 0. The Labute approximate surface area is 114 Å². The SMILES string of the molecule is CCSCCN(CCC(=O)OC)CC1CCCO1. The fourth-order valence-electron chi connectivity index (χ4n) is 2.06. The van der Waals surface area contributed by atoms with Crippen LogP contribution in [-0.4, -0.2) is 61.8 Å². The lowest BCUT2D eigenvalue weighted by atomic mass is 10.2. The molecule has 0 bridgehead atoms. The molecule has 0 spiro atoms. The lowest BCUT2D eigenvalue weighted by molar-refractivity contribution is -0.141. The number of nitrogens with zero attached hydrogens (tertiary/aromatic N) is 1. The van der Waals surface area contributed by atoms with Gasteiger partial charge in [0, 0.05) is 32.0 Å². The van der Waals surface area contributed by atoms with Gasteiger partial charge in [-0.1, -0.05) is 6.92 Å². The summed E-state index contributed by atoms with van der Waals surface area (Å²) in [5.74, 6) is 2.13. The van der Waals surface area contributed by atoms with Crippen LogP contribution in [0, 0.1) is 0 Å². The van der Waals surface area contributed by atoms with Crippen LogP contribution in [0.3, 0.4) is 0 Å². The molecule has 1 unspecified atom stereocenters. The smallest absolute Gasteiger partial charge is 0.306 e. The monoisotopic (exact) mass is 275 g/mol. The minimum Gasteiger partial charge on any atom is -0.469 e. The summed E-state index contributed by atoms with van der Waals surface area (Å²) in [4.78, 5) is 13.5. The van der Waals surface area contributed by atoms with Crippen molar-refractivity contribution >= 4 is 17.7 Å². The van der Waals surface area contributed by atoms with Crippen LogP contribution in [0.2, 0.25) is 0 Å². The van der Waals surface area contributed by atoms with Gasteiger partial charge in [-0.15, -0.1) is 0 Å². The zero-order valence-corrected chi connectivity index (χ0v) is 12.3. The third-order valence-electron chi connectivity index (χ3n) is 3.10. The summed E-state index contributed by atoms with van der Waals surface area (Å²) in [6, 6.07) is 0. The molecular weight excluding hydrogens is 250 g/mol. The zero-order chi connectivity index (χ0) is 13.2. The minimum absolute atomic E-state index is 0.129. The van der Waals surface area contributed by atoms with Crippen LogP contribution < -0.4 is 0 Å². The van der Waals surface area contributed by atoms with Gasteiger partial charge in [-0.2, -0.15) is 11.8 Å². The van der Waals surface area contributed by atoms with Gasteiger partial charge >= 0.3 is 5.97 Å². The third kappa shape index (κ3) is 6.61. The molecule has 0 aliphatic carbocycles.